The molecular formula is C9H22N8O4S. The minimum atomic E-state index is -4.67. The zero-order valence-corrected chi connectivity index (χ0v) is 12.9. The van der Waals surface area contributed by atoms with Gasteiger partial charge in [-0.2, -0.15) is 18.6 Å². The van der Waals surface area contributed by atoms with Crippen LogP contribution in [0.15, 0.2) is 20.4 Å². The lowest BCUT2D eigenvalue weighted by molar-refractivity contribution is 0.381. The first-order valence-corrected chi connectivity index (χ1v) is 7.43. The quantitative estimate of drug-likeness (QED) is 0.108. The summed E-state index contributed by atoms with van der Waals surface area (Å²) in [5.74, 6) is -0.218. The first-order valence-electron chi connectivity index (χ1n) is 6.03. The van der Waals surface area contributed by atoms with Crippen LogP contribution in [0.25, 0.3) is 0 Å². The number of guanidine groups is 2. The summed E-state index contributed by atoms with van der Waals surface area (Å²) in [6.07, 6.45) is 5.33. The Morgan fingerprint density at radius 3 is 1.91 bits per heavy atom. The Labute approximate surface area is 128 Å². The summed E-state index contributed by atoms with van der Waals surface area (Å²) in [4.78, 5) is 0. The van der Waals surface area contributed by atoms with Gasteiger partial charge in [-0.1, -0.05) is 19.8 Å². The Morgan fingerprint density at radius 2 is 1.50 bits per heavy atom. The van der Waals surface area contributed by atoms with Gasteiger partial charge >= 0.3 is 10.4 Å². The molecule has 0 aliphatic carbocycles. The number of rotatable bonds is 7. The molecule has 0 saturated heterocycles. The Morgan fingerprint density at radius 1 is 1.00 bits per heavy atom. The average molecular weight is 338 g/mol. The lowest BCUT2D eigenvalue weighted by Gasteiger charge is -1.97. The van der Waals surface area contributed by atoms with Gasteiger partial charge in [-0.05, 0) is 12.8 Å². The van der Waals surface area contributed by atoms with Gasteiger partial charge in [-0.3, -0.25) is 9.11 Å². The van der Waals surface area contributed by atoms with E-state index < -0.39 is 10.4 Å². The molecule has 0 aliphatic heterocycles. The molecule has 0 amide bonds. The first-order chi connectivity index (χ1) is 10.1. The zero-order valence-electron chi connectivity index (χ0n) is 12.1. The van der Waals surface area contributed by atoms with E-state index in [1.165, 1.54) is 6.21 Å². The average Bonchev–Trinajstić information content (AvgIpc) is 2.33. The number of nitrogens with zero attached hydrogens (tertiary/aromatic N) is 4. The predicted molar refractivity (Wildman–Crippen MR) is 85.9 cm³/mol. The molecule has 0 fully saturated rings. The van der Waals surface area contributed by atoms with Crippen LogP contribution < -0.4 is 22.9 Å². The standard InChI is InChI=1S/C9H20N8.H2O4S/c1-2-3-4-5-7(15-17-9(12)13)6-14-16-8(10)11;1-5(2,3)4/h6H,2-5H2,1H3,(H4,10,11,16)(H4,12,13,17);(H2,1,2,3,4)/b14-6+,15-7+;. The number of nitrogens with two attached hydrogens (primary N) is 4. The summed E-state index contributed by atoms with van der Waals surface area (Å²) in [5.41, 5.74) is 21.2. The van der Waals surface area contributed by atoms with Gasteiger partial charge in [0.05, 0.1) is 11.9 Å². The second kappa shape index (κ2) is 12.5. The van der Waals surface area contributed by atoms with E-state index in [2.05, 4.69) is 27.3 Å². The monoisotopic (exact) mass is 338 g/mol. The molecule has 0 aromatic carbocycles. The van der Waals surface area contributed by atoms with E-state index in [1.807, 2.05) is 0 Å². The molecule has 0 aromatic rings. The lowest BCUT2D eigenvalue weighted by atomic mass is 10.1. The second-order valence-corrected chi connectivity index (χ2v) is 4.69. The fourth-order valence-corrected chi connectivity index (χ4v) is 0.981. The third kappa shape index (κ3) is 26.3. The first kappa shape index (κ1) is 22.0. The molecule has 13 heteroatoms. The van der Waals surface area contributed by atoms with Crippen molar-refractivity contribution in [2.24, 2.45) is 43.3 Å². The largest absolute Gasteiger partial charge is 0.394 e. The Balaban J connectivity index is 0. The second-order valence-electron chi connectivity index (χ2n) is 3.79. The van der Waals surface area contributed by atoms with Crippen molar-refractivity contribution in [3.05, 3.63) is 0 Å². The van der Waals surface area contributed by atoms with Crippen molar-refractivity contribution in [2.75, 3.05) is 0 Å². The molecule has 10 N–H and O–H groups in total. The van der Waals surface area contributed by atoms with Gasteiger partial charge in [0.25, 0.3) is 0 Å². The van der Waals surface area contributed by atoms with E-state index in [0.29, 0.717) is 12.1 Å². The fraction of sp³-hybridized carbons (Fsp3) is 0.556. The summed E-state index contributed by atoms with van der Waals surface area (Å²) in [6, 6.07) is 0. The molecule has 128 valence electrons. The molecule has 0 saturated carbocycles. The summed E-state index contributed by atoms with van der Waals surface area (Å²) in [5, 5.41) is 14.5. The van der Waals surface area contributed by atoms with Crippen LogP contribution in [0.5, 0.6) is 0 Å². The molecule has 0 unspecified atom stereocenters. The van der Waals surface area contributed by atoms with Crippen LogP contribution in [-0.4, -0.2) is 41.4 Å². The fourth-order valence-electron chi connectivity index (χ4n) is 0.981. The van der Waals surface area contributed by atoms with Crippen LogP contribution in [0, 0.1) is 0 Å². The van der Waals surface area contributed by atoms with Crippen LogP contribution in [0.4, 0.5) is 0 Å². The minimum absolute atomic E-state index is 0.103. The van der Waals surface area contributed by atoms with Gasteiger partial charge in [-0.25, -0.2) is 0 Å². The topological polar surface area (TPSA) is 228 Å². The summed E-state index contributed by atoms with van der Waals surface area (Å²) < 4.78 is 31.6. The summed E-state index contributed by atoms with van der Waals surface area (Å²) in [7, 11) is -4.67. The van der Waals surface area contributed by atoms with Crippen LogP contribution in [0.1, 0.15) is 32.6 Å². The lowest BCUT2D eigenvalue weighted by Crippen LogP contribution is -2.22. The van der Waals surface area contributed by atoms with E-state index in [0.717, 1.165) is 19.3 Å². The highest BCUT2D eigenvalue weighted by molar-refractivity contribution is 7.79. The molecule has 0 aromatic heterocycles. The van der Waals surface area contributed by atoms with Gasteiger partial charge in [0.2, 0.25) is 11.9 Å². The highest BCUT2D eigenvalue weighted by atomic mass is 32.3. The molecule has 0 radical (unpaired) electrons. The normalized spacial score (nSPS) is 11.5. The van der Waals surface area contributed by atoms with Crippen molar-refractivity contribution in [1.29, 1.82) is 0 Å². The van der Waals surface area contributed by atoms with E-state index in [-0.39, 0.29) is 11.9 Å². The maximum atomic E-state index is 8.74. The highest BCUT2D eigenvalue weighted by Gasteiger charge is 1.96. The predicted octanol–water partition coefficient (Wildman–Crippen LogP) is -1.20. The highest BCUT2D eigenvalue weighted by Crippen LogP contribution is 2.00. The Hall–Kier alpha value is -2.25. The maximum Gasteiger partial charge on any atom is 0.394 e. The summed E-state index contributed by atoms with van der Waals surface area (Å²) in [6.45, 7) is 2.11. The van der Waals surface area contributed by atoms with Gasteiger partial charge in [0, 0.05) is 0 Å². The Kier molecular flexibility index (Phi) is 12.5. The van der Waals surface area contributed by atoms with E-state index >= 15 is 0 Å². The number of hydrogen-bond donors (Lipinski definition) is 6. The third-order valence-electron chi connectivity index (χ3n) is 1.71. The SMILES string of the molecule is CCCCCC(/C=N/N=C(N)N)=N\N=C(N)N.O=S(=O)(O)O. The van der Waals surface area contributed by atoms with Crippen molar-refractivity contribution in [1.82, 2.24) is 0 Å². The van der Waals surface area contributed by atoms with Crippen molar-refractivity contribution >= 4 is 34.2 Å². The molecule has 22 heavy (non-hydrogen) atoms. The van der Waals surface area contributed by atoms with Gasteiger partial charge in [0.15, 0.2) is 0 Å². The van der Waals surface area contributed by atoms with E-state index in [4.69, 9.17) is 40.5 Å². The Bertz CT molecular complexity index is 510. The molecule has 0 bridgehead atoms. The molecule has 0 atom stereocenters. The number of hydrogen-bond acceptors (Lipinski definition) is 6. The maximum absolute atomic E-state index is 8.74. The smallest absolute Gasteiger partial charge is 0.369 e. The molecular weight excluding hydrogens is 316 g/mol. The van der Waals surface area contributed by atoms with E-state index in [1.54, 1.807) is 0 Å². The van der Waals surface area contributed by atoms with Crippen LogP contribution >= 0.6 is 0 Å². The molecule has 12 nitrogen and oxygen atoms in total. The van der Waals surface area contributed by atoms with Gasteiger partial charge in [0.1, 0.15) is 0 Å². The zero-order chi connectivity index (χ0) is 17.6. The van der Waals surface area contributed by atoms with Crippen molar-refractivity contribution in [3.8, 4) is 0 Å². The van der Waals surface area contributed by atoms with Crippen molar-refractivity contribution in [3.63, 3.8) is 0 Å². The van der Waals surface area contributed by atoms with Gasteiger partial charge < -0.3 is 22.9 Å². The molecule has 0 rings (SSSR count). The van der Waals surface area contributed by atoms with Gasteiger partial charge in [-0.15, -0.1) is 10.2 Å². The van der Waals surface area contributed by atoms with Crippen molar-refractivity contribution in [2.45, 2.75) is 32.6 Å². The van der Waals surface area contributed by atoms with Crippen LogP contribution in [0.2, 0.25) is 0 Å². The van der Waals surface area contributed by atoms with Crippen molar-refractivity contribution < 1.29 is 17.5 Å². The minimum Gasteiger partial charge on any atom is -0.369 e. The molecule has 0 spiro atoms. The summed E-state index contributed by atoms with van der Waals surface area (Å²) >= 11 is 0. The van der Waals surface area contributed by atoms with E-state index in [9.17, 15) is 0 Å². The number of unbranched alkanes of at least 4 members (excludes halogenated alkanes) is 2. The third-order valence-corrected chi connectivity index (χ3v) is 1.71. The van der Waals surface area contributed by atoms with Crippen LogP contribution in [0.3, 0.4) is 0 Å². The molecule has 0 aliphatic rings. The molecule has 0 heterocycles. The van der Waals surface area contributed by atoms with Crippen LogP contribution in [-0.2, 0) is 10.4 Å².